The molecule has 1 aliphatic rings. The number of hydrogen-bond acceptors (Lipinski definition) is 3. The van der Waals surface area contributed by atoms with E-state index in [-0.39, 0.29) is 5.97 Å². The van der Waals surface area contributed by atoms with Crippen LogP contribution in [0.5, 0.6) is 0 Å². The Kier molecular flexibility index (Phi) is 2.45. The highest BCUT2D eigenvalue weighted by atomic mass is 16.7. The summed E-state index contributed by atoms with van der Waals surface area (Å²) in [5, 5.41) is 0. The quantitative estimate of drug-likeness (QED) is 0.552. The lowest BCUT2D eigenvalue weighted by Gasteiger charge is -2.08. The molecule has 1 aliphatic carbocycles. The third-order valence-corrected chi connectivity index (χ3v) is 1.66. The number of nitrogens with two attached hydrogens (primary N) is 1. The van der Waals surface area contributed by atoms with Crippen LogP contribution in [0, 0.1) is 0 Å². The number of carbonyl (C=O) groups is 1. The molecule has 0 aromatic heterocycles. The first-order valence-corrected chi connectivity index (χ1v) is 3.44. The van der Waals surface area contributed by atoms with Gasteiger partial charge in [0.25, 0.3) is 0 Å². The molecule has 0 fully saturated rings. The summed E-state index contributed by atoms with van der Waals surface area (Å²) in [5.74, 6) is 4.34. The van der Waals surface area contributed by atoms with Gasteiger partial charge < -0.3 is 4.84 Å². The molecule has 0 aliphatic heterocycles. The van der Waals surface area contributed by atoms with Crippen molar-refractivity contribution >= 4 is 5.97 Å². The number of carbonyl (C=O) groups excluding carboxylic acids is 1. The van der Waals surface area contributed by atoms with Gasteiger partial charge in [-0.25, -0.2) is 4.79 Å². The van der Waals surface area contributed by atoms with Crippen molar-refractivity contribution < 1.29 is 9.63 Å². The van der Waals surface area contributed by atoms with E-state index in [4.69, 9.17) is 5.90 Å². The van der Waals surface area contributed by atoms with Crippen molar-refractivity contribution in [1.82, 2.24) is 0 Å². The van der Waals surface area contributed by atoms with Crippen LogP contribution in [-0.4, -0.2) is 5.97 Å². The van der Waals surface area contributed by atoms with Gasteiger partial charge in [-0.1, -0.05) is 6.08 Å². The largest absolute Gasteiger partial charge is 0.370 e. The van der Waals surface area contributed by atoms with E-state index in [0.29, 0.717) is 0 Å². The second-order valence-corrected chi connectivity index (χ2v) is 2.38. The van der Waals surface area contributed by atoms with Crippen LogP contribution in [0.4, 0.5) is 0 Å². The predicted molar refractivity (Wildman–Crippen MR) is 36.8 cm³/mol. The maximum absolute atomic E-state index is 10.8. The van der Waals surface area contributed by atoms with Crippen LogP contribution in [0.2, 0.25) is 0 Å². The lowest BCUT2D eigenvalue weighted by Crippen LogP contribution is -2.13. The molecule has 0 atom stereocenters. The topological polar surface area (TPSA) is 52.3 Å². The third-order valence-electron chi connectivity index (χ3n) is 1.66. The second kappa shape index (κ2) is 3.37. The maximum atomic E-state index is 10.8. The van der Waals surface area contributed by atoms with E-state index < -0.39 is 0 Å². The number of rotatable bonds is 1. The second-order valence-electron chi connectivity index (χ2n) is 2.38. The Bertz CT molecular complexity index is 163. The van der Waals surface area contributed by atoms with E-state index in [1.165, 1.54) is 6.42 Å². The summed E-state index contributed by atoms with van der Waals surface area (Å²) in [5.41, 5.74) is 0.730. The van der Waals surface area contributed by atoms with Gasteiger partial charge in [-0.05, 0) is 25.7 Å². The number of hydrogen-bond donors (Lipinski definition) is 1. The smallest absolute Gasteiger partial charge is 0.352 e. The molecule has 3 heteroatoms. The summed E-state index contributed by atoms with van der Waals surface area (Å²) in [6, 6.07) is 0. The van der Waals surface area contributed by atoms with Crippen LogP contribution in [0.25, 0.3) is 0 Å². The molecule has 3 nitrogen and oxygen atoms in total. The molecule has 0 bridgehead atoms. The van der Waals surface area contributed by atoms with Crippen molar-refractivity contribution in [2.24, 2.45) is 5.90 Å². The summed E-state index contributed by atoms with van der Waals surface area (Å²) in [4.78, 5) is 14.8. The Labute approximate surface area is 59.8 Å². The van der Waals surface area contributed by atoms with Crippen molar-refractivity contribution in [1.29, 1.82) is 0 Å². The van der Waals surface area contributed by atoms with Crippen LogP contribution in [0.3, 0.4) is 0 Å². The van der Waals surface area contributed by atoms with Gasteiger partial charge in [0.05, 0.1) is 0 Å². The van der Waals surface area contributed by atoms with E-state index in [1.807, 2.05) is 6.08 Å². The zero-order chi connectivity index (χ0) is 7.40. The van der Waals surface area contributed by atoms with Gasteiger partial charge in [0.1, 0.15) is 0 Å². The van der Waals surface area contributed by atoms with Gasteiger partial charge in [0.15, 0.2) is 0 Å². The Morgan fingerprint density at radius 2 is 2.40 bits per heavy atom. The van der Waals surface area contributed by atoms with E-state index in [9.17, 15) is 4.79 Å². The molecule has 0 aromatic carbocycles. The molecule has 0 unspecified atom stereocenters. The lowest BCUT2D eigenvalue weighted by molar-refractivity contribution is -0.139. The first-order chi connectivity index (χ1) is 4.84. The average molecular weight is 141 g/mol. The average Bonchev–Trinajstić information content (AvgIpc) is 2.05. The molecule has 0 saturated heterocycles. The molecule has 10 heavy (non-hydrogen) atoms. The summed E-state index contributed by atoms with van der Waals surface area (Å²) in [6.07, 6.45) is 5.93. The summed E-state index contributed by atoms with van der Waals surface area (Å²) < 4.78 is 0. The molecule has 56 valence electrons. The van der Waals surface area contributed by atoms with Gasteiger partial charge >= 0.3 is 5.97 Å². The van der Waals surface area contributed by atoms with Crippen molar-refractivity contribution in [3.8, 4) is 0 Å². The molecule has 2 N–H and O–H groups in total. The fourth-order valence-corrected chi connectivity index (χ4v) is 1.10. The molecule has 0 aromatic rings. The van der Waals surface area contributed by atoms with E-state index >= 15 is 0 Å². The Hall–Kier alpha value is -0.830. The lowest BCUT2D eigenvalue weighted by atomic mass is 10.00. The third kappa shape index (κ3) is 1.57. The Morgan fingerprint density at radius 1 is 1.60 bits per heavy atom. The first kappa shape index (κ1) is 7.28. The van der Waals surface area contributed by atoms with Crippen LogP contribution < -0.4 is 5.90 Å². The van der Waals surface area contributed by atoms with E-state index in [0.717, 1.165) is 24.8 Å². The van der Waals surface area contributed by atoms with Crippen molar-refractivity contribution in [3.63, 3.8) is 0 Å². The molecule has 0 saturated carbocycles. The number of allylic oxidation sites excluding steroid dienone is 1. The molecule has 1 rings (SSSR count). The molecule has 0 spiro atoms. The molecule has 0 amide bonds. The van der Waals surface area contributed by atoms with Crippen LogP contribution in [-0.2, 0) is 9.63 Å². The fourth-order valence-electron chi connectivity index (χ4n) is 1.10. The highest BCUT2D eigenvalue weighted by molar-refractivity contribution is 5.88. The van der Waals surface area contributed by atoms with Crippen molar-refractivity contribution in [2.75, 3.05) is 0 Å². The highest BCUT2D eigenvalue weighted by Crippen LogP contribution is 2.17. The standard InChI is InChI=1S/C7H11NO2/c8-10-7(9)6-4-2-1-3-5-6/h4H,1-3,5,8H2. The predicted octanol–water partition coefficient (Wildman–Crippen LogP) is 0.904. The van der Waals surface area contributed by atoms with Gasteiger partial charge in [-0.15, -0.1) is 0 Å². The van der Waals surface area contributed by atoms with Gasteiger partial charge in [-0.3, -0.25) is 0 Å². The minimum absolute atomic E-state index is 0.375. The molecular weight excluding hydrogens is 130 g/mol. The van der Waals surface area contributed by atoms with Gasteiger partial charge in [0, 0.05) is 5.57 Å². The summed E-state index contributed by atoms with van der Waals surface area (Å²) in [6.45, 7) is 0. The van der Waals surface area contributed by atoms with Crippen LogP contribution in [0.1, 0.15) is 25.7 Å². The minimum Gasteiger partial charge on any atom is -0.370 e. The Morgan fingerprint density at radius 3 is 2.90 bits per heavy atom. The summed E-state index contributed by atoms with van der Waals surface area (Å²) >= 11 is 0. The van der Waals surface area contributed by atoms with Gasteiger partial charge in [0.2, 0.25) is 0 Å². The highest BCUT2D eigenvalue weighted by Gasteiger charge is 2.11. The van der Waals surface area contributed by atoms with Crippen molar-refractivity contribution in [3.05, 3.63) is 11.6 Å². The molecular formula is C7H11NO2. The van der Waals surface area contributed by atoms with Gasteiger partial charge in [-0.2, -0.15) is 5.90 Å². The normalized spacial score (nSPS) is 17.9. The van der Waals surface area contributed by atoms with E-state index in [2.05, 4.69) is 4.84 Å². The fraction of sp³-hybridized carbons (Fsp3) is 0.571. The van der Waals surface area contributed by atoms with Crippen LogP contribution >= 0.6 is 0 Å². The molecule has 0 radical (unpaired) electrons. The SMILES string of the molecule is NOC(=O)C1=CCCCC1. The summed E-state index contributed by atoms with van der Waals surface area (Å²) in [7, 11) is 0. The Balaban J connectivity index is 2.53. The molecule has 0 heterocycles. The first-order valence-electron chi connectivity index (χ1n) is 3.44. The van der Waals surface area contributed by atoms with E-state index in [1.54, 1.807) is 0 Å². The van der Waals surface area contributed by atoms with Crippen LogP contribution in [0.15, 0.2) is 11.6 Å². The zero-order valence-electron chi connectivity index (χ0n) is 5.80. The maximum Gasteiger partial charge on any atom is 0.352 e. The van der Waals surface area contributed by atoms with Crippen molar-refractivity contribution in [2.45, 2.75) is 25.7 Å². The zero-order valence-corrected chi connectivity index (χ0v) is 5.80. The minimum atomic E-state index is -0.375. The monoisotopic (exact) mass is 141 g/mol.